The van der Waals surface area contributed by atoms with E-state index < -0.39 is 10.0 Å². The van der Waals surface area contributed by atoms with Crippen LogP contribution in [0.25, 0.3) is 0 Å². The fourth-order valence-corrected chi connectivity index (χ4v) is 2.95. The van der Waals surface area contributed by atoms with Gasteiger partial charge >= 0.3 is 0 Å². The van der Waals surface area contributed by atoms with E-state index in [2.05, 4.69) is 19.9 Å². The largest absolute Gasteiger partial charge is 0.392 e. The fourth-order valence-electron chi connectivity index (χ4n) is 1.76. The van der Waals surface area contributed by atoms with Gasteiger partial charge in [0.15, 0.2) is 5.03 Å². The highest BCUT2D eigenvalue weighted by Gasteiger charge is 2.19. The smallest absolute Gasteiger partial charge is 0.257 e. The van der Waals surface area contributed by atoms with Crippen LogP contribution in [0.3, 0.4) is 0 Å². The van der Waals surface area contributed by atoms with Gasteiger partial charge in [-0.3, -0.25) is 5.10 Å². The highest BCUT2D eigenvalue weighted by atomic mass is 32.2. The van der Waals surface area contributed by atoms with E-state index in [1.54, 1.807) is 12.5 Å². The molecule has 0 atom stereocenters. The normalized spacial score (nSPS) is 11.8. The quantitative estimate of drug-likeness (QED) is 0.587. The number of H-pyrrole nitrogens is 1. The van der Waals surface area contributed by atoms with Crippen molar-refractivity contribution in [3.05, 3.63) is 30.5 Å². The predicted molar refractivity (Wildman–Crippen MR) is 71.2 cm³/mol. The van der Waals surface area contributed by atoms with Crippen LogP contribution in [0.2, 0.25) is 0 Å². The number of rotatable bonds is 8. The third-order valence-electron chi connectivity index (χ3n) is 2.81. The van der Waals surface area contributed by atoms with Gasteiger partial charge in [-0.2, -0.15) is 5.10 Å². The van der Waals surface area contributed by atoms with Crippen LogP contribution in [0, 0.1) is 0 Å². The lowest BCUT2D eigenvalue weighted by molar-refractivity contribution is 0.278. The van der Waals surface area contributed by atoms with Gasteiger partial charge in [0.25, 0.3) is 10.0 Å². The van der Waals surface area contributed by atoms with E-state index in [1.165, 1.54) is 6.20 Å². The van der Waals surface area contributed by atoms with E-state index in [9.17, 15) is 8.42 Å². The van der Waals surface area contributed by atoms with Crippen molar-refractivity contribution in [1.29, 1.82) is 0 Å². The highest BCUT2D eigenvalue weighted by Crippen LogP contribution is 2.11. The number of aromatic amines is 1. The van der Waals surface area contributed by atoms with Gasteiger partial charge in [0.2, 0.25) is 0 Å². The Hall–Kier alpha value is -1.71. The molecule has 0 saturated carbocycles. The maximum absolute atomic E-state index is 12.0. The second-order valence-electron chi connectivity index (χ2n) is 4.29. The van der Waals surface area contributed by atoms with Gasteiger partial charge in [-0.1, -0.05) is 0 Å². The standard InChI is InChI=1S/C11H17N5O3S/c17-8-10-7-13-15-11(10)20(18,19)14-3-1-2-5-16-6-4-12-9-16/h4,6-7,9,14,17H,1-3,5,8H2,(H,13,15). The molecule has 8 nitrogen and oxygen atoms in total. The SMILES string of the molecule is O=S(=O)(NCCCCn1ccnc1)c1[nH]ncc1CO. The highest BCUT2D eigenvalue weighted by molar-refractivity contribution is 7.89. The average Bonchev–Trinajstić information content (AvgIpc) is 3.09. The molecular formula is C11H17N5O3S. The van der Waals surface area contributed by atoms with Crippen LogP contribution in [0.5, 0.6) is 0 Å². The van der Waals surface area contributed by atoms with Crippen molar-refractivity contribution in [3.8, 4) is 0 Å². The molecule has 0 unspecified atom stereocenters. The van der Waals surface area contributed by atoms with E-state index in [0.29, 0.717) is 13.0 Å². The molecule has 0 saturated heterocycles. The number of hydrogen-bond donors (Lipinski definition) is 3. The maximum Gasteiger partial charge on any atom is 0.257 e. The number of aryl methyl sites for hydroxylation is 1. The third kappa shape index (κ3) is 3.65. The lowest BCUT2D eigenvalue weighted by Gasteiger charge is -2.06. The van der Waals surface area contributed by atoms with E-state index >= 15 is 0 Å². The number of nitrogens with zero attached hydrogens (tertiary/aromatic N) is 3. The zero-order valence-electron chi connectivity index (χ0n) is 10.9. The van der Waals surface area contributed by atoms with Crippen molar-refractivity contribution in [2.75, 3.05) is 6.54 Å². The summed E-state index contributed by atoms with van der Waals surface area (Å²) in [5.41, 5.74) is 0.260. The summed E-state index contributed by atoms with van der Waals surface area (Å²) in [6, 6.07) is 0. The lowest BCUT2D eigenvalue weighted by Crippen LogP contribution is -2.26. The number of imidazole rings is 1. The van der Waals surface area contributed by atoms with Gasteiger partial charge in [-0.15, -0.1) is 0 Å². The molecule has 0 radical (unpaired) electrons. The van der Waals surface area contributed by atoms with E-state index in [0.717, 1.165) is 13.0 Å². The summed E-state index contributed by atoms with van der Waals surface area (Å²) < 4.78 is 28.3. The first-order valence-electron chi connectivity index (χ1n) is 6.22. The van der Waals surface area contributed by atoms with Crippen LogP contribution < -0.4 is 4.72 Å². The molecule has 2 heterocycles. The molecule has 0 aliphatic heterocycles. The van der Waals surface area contributed by atoms with E-state index in [1.807, 2.05) is 10.8 Å². The molecule has 2 rings (SSSR count). The van der Waals surface area contributed by atoms with E-state index in [4.69, 9.17) is 5.11 Å². The van der Waals surface area contributed by atoms with Crippen LogP contribution in [0.15, 0.2) is 29.9 Å². The average molecular weight is 299 g/mol. The van der Waals surface area contributed by atoms with Crippen molar-refractivity contribution in [1.82, 2.24) is 24.5 Å². The van der Waals surface area contributed by atoms with Gasteiger partial charge in [0.1, 0.15) is 0 Å². The molecule has 110 valence electrons. The monoisotopic (exact) mass is 299 g/mol. The summed E-state index contributed by atoms with van der Waals surface area (Å²) in [5.74, 6) is 0. The Balaban J connectivity index is 1.78. The molecule has 0 bridgehead atoms. The Labute approximate surface area is 116 Å². The molecule has 0 spiro atoms. The molecule has 0 aliphatic carbocycles. The fraction of sp³-hybridized carbons (Fsp3) is 0.455. The van der Waals surface area contributed by atoms with Gasteiger partial charge < -0.3 is 9.67 Å². The van der Waals surface area contributed by atoms with Gasteiger partial charge in [0, 0.05) is 31.0 Å². The minimum absolute atomic E-state index is 0.0744. The molecule has 3 N–H and O–H groups in total. The molecule has 2 aromatic heterocycles. The molecule has 20 heavy (non-hydrogen) atoms. The number of aliphatic hydroxyl groups excluding tert-OH is 1. The van der Waals surface area contributed by atoms with Crippen molar-refractivity contribution >= 4 is 10.0 Å². The first kappa shape index (κ1) is 14.7. The molecule has 9 heteroatoms. The Bertz CT molecular complexity index is 620. The third-order valence-corrected chi connectivity index (χ3v) is 4.29. The van der Waals surface area contributed by atoms with Crippen molar-refractivity contribution in [3.63, 3.8) is 0 Å². The number of nitrogens with one attached hydrogen (secondary N) is 2. The van der Waals surface area contributed by atoms with Crippen LogP contribution >= 0.6 is 0 Å². The first-order valence-corrected chi connectivity index (χ1v) is 7.70. The van der Waals surface area contributed by atoms with Gasteiger partial charge in [-0.25, -0.2) is 18.1 Å². The Kier molecular flexibility index (Phi) is 4.88. The predicted octanol–water partition coefficient (Wildman–Crippen LogP) is -0.143. The number of sulfonamides is 1. The minimum Gasteiger partial charge on any atom is -0.392 e. The summed E-state index contributed by atoms with van der Waals surface area (Å²) in [4.78, 5) is 3.93. The van der Waals surface area contributed by atoms with Crippen LogP contribution in [-0.4, -0.2) is 39.8 Å². The summed E-state index contributed by atoms with van der Waals surface area (Å²) in [5, 5.41) is 15.0. The molecule has 0 aromatic carbocycles. The Morgan fingerprint density at radius 3 is 2.95 bits per heavy atom. The summed E-state index contributed by atoms with van der Waals surface area (Å²) in [6.07, 6.45) is 8.14. The second kappa shape index (κ2) is 6.64. The zero-order chi connectivity index (χ0) is 14.4. The van der Waals surface area contributed by atoms with Crippen molar-refractivity contribution < 1.29 is 13.5 Å². The molecule has 2 aromatic rings. The number of aromatic nitrogens is 4. The van der Waals surface area contributed by atoms with Crippen LogP contribution in [0.4, 0.5) is 0 Å². The Morgan fingerprint density at radius 1 is 1.40 bits per heavy atom. The number of unbranched alkanes of at least 4 members (excludes halogenated alkanes) is 1. The first-order chi connectivity index (χ1) is 9.63. The van der Waals surface area contributed by atoms with Crippen LogP contribution in [-0.2, 0) is 23.2 Å². The topological polar surface area (TPSA) is 113 Å². The number of aliphatic hydroxyl groups is 1. The second-order valence-corrected chi connectivity index (χ2v) is 5.99. The molecule has 0 fully saturated rings. The molecular weight excluding hydrogens is 282 g/mol. The van der Waals surface area contributed by atoms with Crippen LogP contribution in [0.1, 0.15) is 18.4 Å². The summed E-state index contributed by atoms with van der Waals surface area (Å²) >= 11 is 0. The zero-order valence-corrected chi connectivity index (χ0v) is 11.7. The summed E-state index contributed by atoms with van der Waals surface area (Å²) in [7, 11) is -3.64. The van der Waals surface area contributed by atoms with Gasteiger partial charge in [-0.05, 0) is 12.8 Å². The maximum atomic E-state index is 12.0. The summed E-state index contributed by atoms with van der Waals surface area (Å²) in [6.45, 7) is 0.766. The minimum atomic E-state index is -3.64. The molecule has 0 aliphatic rings. The Morgan fingerprint density at radius 2 is 2.25 bits per heavy atom. The van der Waals surface area contributed by atoms with E-state index in [-0.39, 0.29) is 17.2 Å². The van der Waals surface area contributed by atoms with Gasteiger partial charge in [0.05, 0.1) is 19.1 Å². The lowest BCUT2D eigenvalue weighted by atomic mass is 10.3. The van der Waals surface area contributed by atoms with Crippen molar-refractivity contribution in [2.24, 2.45) is 0 Å². The molecule has 0 amide bonds. The van der Waals surface area contributed by atoms with Crippen molar-refractivity contribution in [2.45, 2.75) is 31.0 Å². The number of hydrogen-bond acceptors (Lipinski definition) is 5.